The Hall–Kier alpha value is 0.390. The summed E-state index contributed by atoms with van der Waals surface area (Å²) in [6.45, 7) is 2.68. The van der Waals surface area contributed by atoms with Crippen LogP contribution in [0.2, 0.25) is 4.34 Å². The van der Waals surface area contributed by atoms with E-state index in [9.17, 15) is 5.11 Å². The van der Waals surface area contributed by atoms with E-state index in [1.54, 1.807) is 0 Å². The molecule has 84 valence electrons. The Kier molecular flexibility index (Phi) is 3.43. The predicted octanol–water partition coefficient (Wildman–Crippen LogP) is 3.77. The van der Waals surface area contributed by atoms with E-state index in [2.05, 4.69) is 15.9 Å². The monoisotopic (exact) mass is 310 g/mol. The zero-order chi connectivity index (χ0) is 11.1. The fourth-order valence-electron chi connectivity index (χ4n) is 1.82. The molecule has 2 nitrogen and oxygen atoms in total. The standard InChI is InChI=1S/C10H12BrClO2S/c1-10(3-2-4-14-10)8(13)7-5-6(11)9(12)15-7/h5,8,13H,2-4H2,1H3. The minimum absolute atomic E-state index is 0.451. The van der Waals surface area contributed by atoms with Crippen molar-refractivity contribution in [3.05, 3.63) is 19.8 Å². The molecule has 0 amide bonds. The van der Waals surface area contributed by atoms with Crippen LogP contribution in [0.15, 0.2) is 10.5 Å². The molecule has 1 N–H and O–H groups in total. The van der Waals surface area contributed by atoms with Crippen molar-refractivity contribution in [2.75, 3.05) is 6.61 Å². The van der Waals surface area contributed by atoms with E-state index < -0.39 is 11.7 Å². The number of hydrogen-bond donors (Lipinski definition) is 1. The molecule has 1 aromatic rings. The van der Waals surface area contributed by atoms with Crippen LogP contribution < -0.4 is 0 Å². The number of thiophene rings is 1. The smallest absolute Gasteiger partial charge is 0.117 e. The molecular weight excluding hydrogens is 300 g/mol. The molecule has 0 saturated carbocycles. The number of aliphatic hydroxyl groups is 1. The molecule has 0 aliphatic carbocycles. The van der Waals surface area contributed by atoms with Crippen LogP contribution in [0, 0.1) is 0 Å². The number of hydrogen-bond acceptors (Lipinski definition) is 3. The van der Waals surface area contributed by atoms with Gasteiger partial charge in [-0.05, 0) is 41.8 Å². The van der Waals surface area contributed by atoms with E-state index in [-0.39, 0.29) is 0 Å². The van der Waals surface area contributed by atoms with Crippen LogP contribution in [0.4, 0.5) is 0 Å². The van der Waals surface area contributed by atoms with Crippen molar-refractivity contribution in [1.29, 1.82) is 0 Å². The first kappa shape index (κ1) is 11.9. The predicted molar refractivity (Wildman–Crippen MR) is 65.6 cm³/mol. The Morgan fingerprint density at radius 1 is 1.73 bits per heavy atom. The highest BCUT2D eigenvalue weighted by atomic mass is 79.9. The van der Waals surface area contributed by atoms with Gasteiger partial charge in [-0.3, -0.25) is 0 Å². The molecule has 2 rings (SSSR count). The molecule has 1 fully saturated rings. The first-order valence-corrected chi connectivity index (χ1v) is 6.78. The maximum Gasteiger partial charge on any atom is 0.117 e. The summed E-state index contributed by atoms with van der Waals surface area (Å²) < 4.78 is 7.11. The molecule has 0 radical (unpaired) electrons. The maximum absolute atomic E-state index is 10.2. The van der Waals surface area contributed by atoms with Gasteiger partial charge in [0.05, 0.1) is 5.60 Å². The Bertz CT molecular complexity index is 341. The second kappa shape index (κ2) is 4.34. The second-order valence-electron chi connectivity index (χ2n) is 3.94. The SMILES string of the molecule is CC1(C(O)c2cc(Br)c(Cl)s2)CCCO1. The Balaban J connectivity index is 2.23. The van der Waals surface area contributed by atoms with E-state index in [1.165, 1.54) is 11.3 Å². The van der Waals surface area contributed by atoms with Gasteiger partial charge in [0.2, 0.25) is 0 Å². The first-order valence-electron chi connectivity index (χ1n) is 4.80. The van der Waals surface area contributed by atoms with Crippen molar-refractivity contribution in [2.45, 2.75) is 31.5 Å². The highest BCUT2D eigenvalue weighted by molar-refractivity contribution is 9.10. The first-order chi connectivity index (χ1) is 7.03. The summed E-state index contributed by atoms with van der Waals surface area (Å²) in [5.74, 6) is 0. The van der Waals surface area contributed by atoms with E-state index in [4.69, 9.17) is 16.3 Å². The van der Waals surface area contributed by atoms with Crippen molar-refractivity contribution >= 4 is 38.9 Å². The summed E-state index contributed by atoms with van der Waals surface area (Å²) in [5, 5.41) is 10.2. The third-order valence-corrected chi connectivity index (χ3v) is 5.29. The molecule has 2 atom stereocenters. The molecule has 2 heterocycles. The normalized spacial score (nSPS) is 28.3. The van der Waals surface area contributed by atoms with Gasteiger partial charge in [-0.1, -0.05) is 11.6 Å². The molecule has 1 aliphatic heterocycles. The van der Waals surface area contributed by atoms with Crippen molar-refractivity contribution in [3.63, 3.8) is 0 Å². The van der Waals surface area contributed by atoms with Crippen LogP contribution in [0.5, 0.6) is 0 Å². The molecule has 1 aliphatic rings. The van der Waals surface area contributed by atoms with Gasteiger partial charge in [-0.15, -0.1) is 11.3 Å². The van der Waals surface area contributed by atoms with Crippen LogP contribution in [-0.4, -0.2) is 17.3 Å². The second-order valence-corrected chi connectivity index (χ2v) is 6.48. The van der Waals surface area contributed by atoms with Gasteiger partial charge in [0.1, 0.15) is 10.4 Å². The molecule has 2 unspecified atom stereocenters. The van der Waals surface area contributed by atoms with Crippen molar-refractivity contribution in [3.8, 4) is 0 Å². The number of ether oxygens (including phenoxy) is 1. The van der Waals surface area contributed by atoms with Gasteiger partial charge < -0.3 is 9.84 Å². The van der Waals surface area contributed by atoms with E-state index in [1.807, 2.05) is 13.0 Å². The zero-order valence-electron chi connectivity index (χ0n) is 8.30. The summed E-state index contributed by atoms with van der Waals surface area (Å²) >= 11 is 10.7. The lowest BCUT2D eigenvalue weighted by Gasteiger charge is -2.28. The van der Waals surface area contributed by atoms with Gasteiger partial charge in [-0.25, -0.2) is 0 Å². The molecule has 0 bridgehead atoms. The topological polar surface area (TPSA) is 29.5 Å². The summed E-state index contributed by atoms with van der Waals surface area (Å²) in [6.07, 6.45) is 1.31. The van der Waals surface area contributed by atoms with E-state index in [0.29, 0.717) is 4.34 Å². The number of aliphatic hydroxyl groups excluding tert-OH is 1. The highest BCUT2D eigenvalue weighted by Gasteiger charge is 2.39. The quantitative estimate of drug-likeness (QED) is 0.901. The molecule has 1 saturated heterocycles. The van der Waals surface area contributed by atoms with Gasteiger partial charge in [0.25, 0.3) is 0 Å². The molecule has 15 heavy (non-hydrogen) atoms. The summed E-state index contributed by atoms with van der Waals surface area (Å²) in [5.41, 5.74) is -0.451. The Morgan fingerprint density at radius 3 is 2.93 bits per heavy atom. The van der Waals surface area contributed by atoms with Crippen molar-refractivity contribution in [1.82, 2.24) is 0 Å². The van der Waals surface area contributed by atoms with E-state index >= 15 is 0 Å². The number of halogens is 2. The van der Waals surface area contributed by atoms with Crippen LogP contribution in [0.25, 0.3) is 0 Å². The Labute approximate surface area is 106 Å². The van der Waals surface area contributed by atoms with Crippen LogP contribution in [-0.2, 0) is 4.74 Å². The van der Waals surface area contributed by atoms with Gasteiger partial charge in [-0.2, -0.15) is 0 Å². The zero-order valence-corrected chi connectivity index (χ0v) is 11.5. The molecular formula is C10H12BrClO2S. The van der Waals surface area contributed by atoms with Gasteiger partial charge >= 0.3 is 0 Å². The largest absolute Gasteiger partial charge is 0.385 e. The van der Waals surface area contributed by atoms with Crippen LogP contribution in [0.1, 0.15) is 30.7 Å². The fourth-order valence-corrected chi connectivity index (χ4v) is 3.68. The third-order valence-electron chi connectivity index (χ3n) is 2.76. The van der Waals surface area contributed by atoms with Crippen molar-refractivity contribution in [2.24, 2.45) is 0 Å². The average Bonchev–Trinajstić information content (AvgIpc) is 2.75. The van der Waals surface area contributed by atoms with Gasteiger partial charge in [0.15, 0.2) is 0 Å². The lowest BCUT2D eigenvalue weighted by molar-refractivity contribution is -0.0781. The van der Waals surface area contributed by atoms with Crippen molar-refractivity contribution < 1.29 is 9.84 Å². The minimum Gasteiger partial charge on any atom is -0.385 e. The molecule has 0 aromatic carbocycles. The Morgan fingerprint density at radius 2 is 2.47 bits per heavy atom. The lowest BCUT2D eigenvalue weighted by atomic mass is 9.94. The third kappa shape index (κ3) is 2.24. The van der Waals surface area contributed by atoms with E-state index in [0.717, 1.165) is 28.8 Å². The fraction of sp³-hybridized carbons (Fsp3) is 0.600. The minimum atomic E-state index is -0.589. The maximum atomic E-state index is 10.2. The summed E-state index contributed by atoms with van der Waals surface area (Å²) in [7, 11) is 0. The molecule has 5 heteroatoms. The molecule has 1 aromatic heterocycles. The summed E-state index contributed by atoms with van der Waals surface area (Å²) in [6, 6.07) is 1.87. The summed E-state index contributed by atoms with van der Waals surface area (Å²) in [4.78, 5) is 0.858. The highest BCUT2D eigenvalue weighted by Crippen LogP contribution is 2.43. The van der Waals surface area contributed by atoms with Gasteiger partial charge in [0, 0.05) is 16.0 Å². The molecule has 0 spiro atoms. The van der Waals surface area contributed by atoms with Crippen LogP contribution in [0.3, 0.4) is 0 Å². The van der Waals surface area contributed by atoms with Crippen LogP contribution >= 0.6 is 38.9 Å². The number of rotatable bonds is 2. The average molecular weight is 312 g/mol. The lowest BCUT2D eigenvalue weighted by Crippen LogP contribution is -2.31.